The van der Waals surface area contributed by atoms with E-state index in [1.807, 2.05) is 0 Å². The Labute approximate surface area is 113 Å². The van der Waals surface area contributed by atoms with Crippen molar-refractivity contribution in [3.05, 3.63) is 29.3 Å². The minimum atomic E-state index is -0.0622. The van der Waals surface area contributed by atoms with Gasteiger partial charge in [0.2, 0.25) is 0 Å². The summed E-state index contributed by atoms with van der Waals surface area (Å²) in [6.45, 7) is 2.40. The molecule has 0 radical (unpaired) electrons. The van der Waals surface area contributed by atoms with Crippen molar-refractivity contribution in [2.75, 3.05) is 13.7 Å². The maximum atomic E-state index is 12.0. The number of ether oxygens (including phenoxy) is 1. The highest BCUT2D eigenvalue weighted by molar-refractivity contribution is 5.95. The largest absolute Gasteiger partial charge is 0.495 e. The molecule has 0 aromatic heterocycles. The first-order valence-corrected chi connectivity index (χ1v) is 6.33. The Balaban J connectivity index is 2.19. The third-order valence-electron chi connectivity index (χ3n) is 3.21. The summed E-state index contributed by atoms with van der Waals surface area (Å²) in [5.41, 5.74) is 6.64. The lowest BCUT2D eigenvalue weighted by molar-refractivity contribution is 0.0949. The van der Waals surface area contributed by atoms with E-state index in [2.05, 4.69) is 24.1 Å². The molecule has 2 atom stereocenters. The van der Waals surface area contributed by atoms with Gasteiger partial charge in [-0.1, -0.05) is 18.8 Å². The fourth-order valence-electron chi connectivity index (χ4n) is 1.87. The van der Waals surface area contributed by atoms with Gasteiger partial charge >= 0.3 is 0 Å². The third kappa shape index (κ3) is 3.27. The molecule has 100 valence electrons. The molecule has 0 bridgehead atoms. The highest BCUT2D eigenvalue weighted by atomic mass is 16.5. The quantitative estimate of drug-likeness (QED) is 0.799. The van der Waals surface area contributed by atoms with Gasteiger partial charge in [0.05, 0.1) is 19.2 Å². The van der Waals surface area contributed by atoms with Crippen molar-refractivity contribution in [3.63, 3.8) is 0 Å². The van der Waals surface area contributed by atoms with Crippen LogP contribution in [-0.2, 0) is 0 Å². The van der Waals surface area contributed by atoms with Crippen molar-refractivity contribution in [1.29, 1.82) is 0 Å². The Hall–Kier alpha value is -1.99. The first-order chi connectivity index (χ1) is 9.15. The number of hydrogen-bond donors (Lipinski definition) is 2. The second-order valence-corrected chi connectivity index (χ2v) is 4.71. The predicted octanol–water partition coefficient (Wildman–Crippen LogP) is 1.14. The molecule has 1 amide bonds. The topological polar surface area (TPSA) is 64.3 Å². The van der Waals surface area contributed by atoms with Gasteiger partial charge in [-0.25, -0.2) is 0 Å². The summed E-state index contributed by atoms with van der Waals surface area (Å²) in [4.78, 5) is 12.0. The van der Waals surface area contributed by atoms with Crippen LogP contribution in [0.2, 0.25) is 0 Å². The minimum absolute atomic E-state index is 0.0622. The summed E-state index contributed by atoms with van der Waals surface area (Å²) in [5, 5.41) is 2.99. The normalized spacial score (nSPS) is 20.2. The van der Waals surface area contributed by atoms with Gasteiger partial charge in [-0.15, -0.1) is 0 Å². The van der Waals surface area contributed by atoms with E-state index < -0.39 is 0 Å². The second-order valence-electron chi connectivity index (χ2n) is 4.71. The number of hydrogen-bond acceptors (Lipinski definition) is 3. The average Bonchev–Trinajstić information content (AvgIpc) is 3.11. The molecule has 19 heavy (non-hydrogen) atoms. The SMILES string of the molecule is COc1ccc(C(=O)NC2CC2C)cc1C#CCN. The molecular formula is C15H18N2O2. The Kier molecular flexibility index (Phi) is 4.08. The van der Waals surface area contributed by atoms with E-state index in [1.54, 1.807) is 25.3 Å². The summed E-state index contributed by atoms with van der Waals surface area (Å²) in [6, 6.07) is 5.55. The lowest BCUT2D eigenvalue weighted by Gasteiger charge is -2.07. The van der Waals surface area contributed by atoms with Crippen LogP contribution in [0.3, 0.4) is 0 Å². The van der Waals surface area contributed by atoms with Gasteiger partial charge in [0, 0.05) is 11.6 Å². The number of carbonyl (C=O) groups is 1. The van der Waals surface area contributed by atoms with E-state index in [9.17, 15) is 4.79 Å². The second kappa shape index (κ2) is 5.77. The zero-order valence-electron chi connectivity index (χ0n) is 11.2. The van der Waals surface area contributed by atoms with Gasteiger partial charge in [0.15, 0.2) is 0 Å². The monoisotopic (exact) mass is 258 g/mol. The molecule has 1 aromatic rings. The maximum absolute atomic E-state index is 12.0. The van der Waals surface area contributed by atoms with E-state index in [4.69, 9.17) is 10.5 Å². The van der Waals surface area contributed by atoms with Gasteiger partial charge in [-0.3, -0.25) is 4.79 Å². The fraction of sp³-hybridized carbons (Fsp3) is 0.400. The van der Waals surface area contributed by atoms with Crippen LogP contribution in [0.5, 0.6) is 5.75 Å². The van der Waals surface area contributed by atoms with Gasteiger partial charge in [0.1, 0.15) is 5.75 Å². The number of amides is 1. The molecule has 4 nitrogen and oxygen atoms in total. The molecular weight excluding hydrogens is 240 g/mol. The summed E-state index contributed by atoms with van der Waals surface area (Å²) < 4.78 is 5.21. The fourth-order valence-corrected chi connectivity index (χ4v) is 1.87. The Morgan fingerprint density at radius 3 is 2.89 bits per heavy atom. The third-order valence-corrected chi connectivity index (χ3v) is 3.21. The zero-order chi connectivity index (χ0) is 13.8. The van der Waals surface area contributed by atoms with Crippen LogP contribution < -0.4 is 15.8 Å². The van der Waals surface area contributed by atoms with Crippen LogP contribution in [-0.4, -0.2) is 25.6 Å². The van der Waals surface area contributed by atoms with Crippen molar-refractivity contribution in [2.45, 2.75) is 19.4 Å². The van der Waals surface area contributed by atoms with Crippen molar-refractivity contribution < 1.29 is 9.53 Å². The average molecular weight is 258 g/mol. The summed E-state index contributed by atoms with van der Waals surface area (Å²) >= 11 is 0. The van der Waals surface area contributed by atoms with Crippen LogP contribution in [0.1, 0.15) is 29.3 Å². The molecule has 2 rings (SSSR count). The first kappa shape index (κ1) is 13.4. The number of nitrogens with one attached hydrogen (secondary N) is 1. The smallest absolute Gasteiger partial charge is 0.251 e. The molecule has 0 heterocycles. The summed E-state index contributed by atoms with van der Waals surface area (Å²) in [6.07, 6.45) is 1.06. The van der Waals surface area contributed by atoms with Crippen LogP contribution in [0.15, 0.2) is 18.2 Å². The van der Waals surface area contributed by atoms with Crippen LogP contribution in [0.25, 0.3) is 0 Å². The minimum Gasteiger partial charge on any atom is -0.495 e. The number of carbonyl (C=O) groups excluding carboxylic acids is 1. The zero-order valence-corrected chi connectivity index (χ0v) is 11.2. The van der Waals surface area contributed by atoms with E-state index in [1.165, 1.54) is 0 Å². The summed E-state index contributed by atoms with van der Waals surface area (Å²) in [5.74, 6) is 6.86. The first-order valence-electron chi connectivity index (χ1n) is 6.33. The molecule has 1 aliphatic carbocycles. The Bertz CT molecular complexity index is 543. The molecule has 1 aliphatic rings. The van der Waals surface area contributed by atoms with Crippen LogP contribution in [0, 0.1) is 17.8 Å². The van der Waals surface area contributed by atoms with E-state index in [0.717, 1.165) is 6.42 Å². The van der Waals surface area contributed by atoms with E-state index in [-0.39, 0.29) is 12.5 Å². The standard InChI is InChI=1S/C15H18N2O2/c1-10-8-13(10)17-15(18)12-5-6-14(19-2)11(9-12)4-3-7-16/h5-6,9-10,13H,7-8,16H2,1-2H3,(H,17,18). The number of benzene rings is 1. The molecule has 4 heteroatoms. The molecule has 1 saturated carbocycles. The number of nitrogens with two attached hydrogens (primary N) is 1. The van der Waals surface area contributed by atoms with Gasteiger partial charge in [0.25, 0.3) is 5.91 Å². The van der Waals surface area contributed by atoms with E-state index >= 15 is 0 Å². The summed E-state index contributed by atoms with van der Waals surface area (Å²) in [7, 11) is 1.58. The van der Waals surface area contributed by atoms with Gasteiger partial charge in [-0.05, 0) is 30.5 Å². The molecule has 0 aliphatic heterocycles. The predicted molar refractivity (Wildman–Crippen MR) is 74.0 cm³/mol. The van der Waals surface area contributed by atoms with Crippen molar-refractivity contribution in [2.24, 2.45) is 11.7 Å². The molecule has 3 N–H and O–H groups in total. The highest BCUT2D eigenvalue weighted by Crippen LogP contribution is 2.29. The lowest BCUT2D eigenvalue weighted by atomic mass is 10.1. The Morgan fingerprint density at radius 2 is 2.32 bits per heavy atom. The molecule has 1 fully saturated rings. The Morgan fingerprint density at radius 1 is 1.58 bits per heavy atom. The van der Waals surface area contributed by atoms with E-state index in [0.29, 0.717) is 28.8 Å². The molecule has 1 aromatic carbocycles. The van der Waals surface area contributed by atoms with Crippen molar-refractivity contribution >= 4 is 5.91 Å². The number of methoxy groups -OCH3 is 1. The van der Waals surface area contributed by atoms with Gasteiger partial charge < -0.3 is 15.8 Å². The van der Waals surface area contributed by atoms with Crippen LogP contribution >= 0.6 is 0 Å². The van der Waals surface area contributed by atoms with Crippen molar-refractivity contribution in [3.8, 4) is 17.6 Å². The molecule has 0 saturated heterocycles. The highest BCUT2D eigenvalue weighted by Gasteiger charge is 2.34. The molecule has 0 spiro atoms. The van der Waals surface area contributed by atoms with Gasteiger partial charge in [-0.2, -0.15) is 0 Å². The lowest BCUT2D eigenvalue weighted by Crippen LogP contribution is -2.26. The van der Waals surface area contributed by atoms with Crippen LogP contribution in [0.4, 0.5) is 0 Å². The maximum Gasteiger partial charge on any atom is 0.251 e. The van der Waals surface area contributed by atoms with Crippen molar-refractivity contribution in [1.82, 2.24) is 5.32 Å². The number of rotatable bonds is 3. The molecule has 2 unspecified atom stereocenters.